The maximum absolute atomic E-state index is 12.6. The molecule has 0 atom stereocenters. The van der Waals surface area contributed by atoms with E-state index in [0.717, 1.165) is 84.2 Å². The second-order valence-corrected chi connectivity index (χ2v) is 9.37. The van der Waals surface area contributed by atoms with Crippen LogP contribution < -0.4 is 10.6 Å². The van der Waals surface area contributed by atoms with Crippen molar-refractivity contribution in [2.24, 2.45) is 16.3 Å². The normalized spacial score (nSPS) is 22.7. The fourth-order valence-electron chi connectivity index (χ4n) is 5.03. The molecule has 0 radical (unpaired) electrons. The summed E-state index contributed by atoms with van der Waals surface area (Å²) in [5.74, 6) is 1.64. The number of carbonyl (C=O) groups is 1. The van der Waals surface area contributed by atoms with Gasteiger partial charge in [-0.25, -0.2) is 0 Å². The predicted octanol–water partition coefficient (Wildman–Crippen LogP) is 2.08. The molecule has 0 aromatic carbocycles. The lowest BCUT2D eigenvalue weighted by molar-refractivity contribution is -0.137. The molecule has 1 saturated heterocycles. The number of piperazine rings is 1. The highest BCUT2D eigenvalue weighted by molar-refractivity contribution is 5.80. The molecule has 7 nitrogen and oxygen atoms in total. The Morgan fingerprint density at radius 2 is 1.83 bits per heavy atom. The van der Waals surface area contributed by atoms with Gasteiger partial charge in [0.2, 0.25) is 5.91 Å². The van der Waals surface area contributed by atoms with E-state index in [9.17, 15) is 4.79 Å². The Hall–Kier alpha value is -1.34. The molecule has 3 rings (SSSR count). The minimum Gasteiger partial charge on any atom is -0.385 e. The van der Waals surface area contributed by atoms with Crippen LogP contribution >= 0.6 is 0 Å². The molecule has 0 unspecified atom stereocenters. The molecule has 0 spiro atoms. The standard InChI is InChI=1S/C23H43N5O2/c1-3-24-22(26-19-23(9-6-10-23)11-18-30-2)25-12-13-27-14-16-28(17-15-27)21(29)20-7-4-5-8-20/h20H,3-19H2,1-2H3,(H2,24,25,26). The summed E-state index contributed by atoms with van der Waals surface area (Å²) < 4.78 is 5.30. The van der Waals surface area contributed by atoms with Crippen LogP contribution in [0.4, 0.5) is 0 Å². The molecular formula is C23H43N5O2. The summed E-state index contributed by atoms with van der Waals surface area (Å²) in [6.07, 6.45) is 9.61. The number of hydrogen-bond donors (Lipinski definition) is 2. The fourth-order valence-corrected chi connectivity index (χ4v) is 5.03. The summed E-state index contributed by atoms with van der Waals surface area (Å²) in [6.45, 7) is 10.3. The van der Waals surface area contributed by atoms with Crippen LogP contribution in [0.3, 0.4) is 0 Å². The molecule has 7 heteroatoms. The van der Waals surface area contributed by atoms with Gasteiger partial charge in [0, 0.05) is 72.0 Å². The Morgan fingerprint density at radius 1 is 1.10 bits per heavy atom. The van der Waals surface area contributed by atoms with Gasteiger partial charge in [0.25, 0.3) is 0 Å². The van der Waals surface area contributed by atoms with E-state index in [-0.39, 0.29) is 0 Å². The van der Waals surface area contributed by atoms with E-state index < -0.39 is 0 Å². The van der Waals surface area contributed by atoms with Gasteiger partial charge in [-0.05, 0) is 44.4 Å². The molecule has 0 aromatic heterocycles. The second kappa shape index (κ2) is 11.9. The zero-order valence-electron chi connectivity index (χ0n) is 19.3. The molecule has 1 aliphatic heterocycles. The van der Waals surface area contributed by atoms with Crippen molar-refractivity contribution in [3.05, 3.63) is 0 Å². The number of nitrogens with one attached hydrogen (secondary N) is 2. The molecule has 2 saturated carbocycles. The first-order valence-corrected chi connectivity index (χ1v) is 12.2. The number of carbonyl (C=O) groups excluding carboxylic acids is 1. The average molecular weight is 422 g/mol. The van der Waals surface area contributed by atoms with Crippen molar-refractivity contribution >= 4 is 11.9 Å². The van der Waals surface area contributed by atoms with E-state index >= 15 is 0 Å². The molecule has 2 aliphatic carbocycles. The number of ether oxygens (including phenoxy) is 1. The predicted molar refractivity (Wildman–Crippen MR) is 122 cm³/mol. The Labute approximate surface area is 183 Å². The van der Waals surface area contributed by atoms with Crippen LogP contribution in [-0.4, -0.2) is 87.7 Å². The van der Waals surface area contributed by atoms with E-state index in [1.165, 1.54) is 32.1 Å². The first-order valence-electron chi connectivity index (χ1n) is 12.2. The van der Waals surface area contributed by atoms with Crippen LogP contribution in [0.2, 0.25) is 0 Å². The lowest BCUT2D eigenvalue weighted by atomic mass is 9.67. The van der Waals surface area contributed by atoms with Crippen LogP contribution in [0.15, 0.2) is 4.99 Å². The number of rotatable bonds is 10. The van der Waals surface area contributed by atoms with Gasteiger partial charge >= 0.3 is 0 Å². The number of methoxy groups -OCH3 is 1. The summed E-state index contributed by atoms with van der Waals surface area (Å²) in [5.41, 5.74) is 0.348. The van der Waals surface area contributed by atoms with Crippen LogP contribution in [0, 0.1) is 11.3 Å². The van der Waals surface area contributed by atoms with E-state index in [2.05, 4.69) is 27.4 Å². The van der Waals surface area contributed by atoms with E-state index in [1.54, 1.807) is 7.11 Å². The van der Waals surface area contributed by atoms with Gasteiger partial charge in [0.15, 0.2) is 5.96 Å². The monoisotopic (exact) mass is 421 g/mol. The van der Waals surface area contributed by atoms with Gasteiger partial charge in [-0.2, -0.15) is 0 Å². The summed E-state index contributed by atoms with van der Waals surface area (Å²) >= 11 is 0. The number of aliphatic imine (C=N–C) groups is 1. The van der Waals surface area contributed by atoms with Gasteiger partial charge < -0.3 is 20.3 Å². The third-order valence-corrected chi connectivity index (χ3v) is 7.28. The minimum atomic E-state index is 0.306. The fraction of sp³-hybridized carbons (Fsp3) is 0.913. The van der Waals surface area contributed by atoms with Crippen molar-refractivity contribution in [1.82, 2.24) is 20.4 Å². The number of hydrogen-bond acceptors (Lipinski definition) is 4. The highest BCUT2D eigenvalue weighted by atomic mass is 16.5. The molecule has 2 N–H and O–H groups in total. The molecule has 3 aliphatic rings. The molecule has 1 amide bonds. The van der Waals surface area contributed by atoms with Crippen molar-refractivity contribution < 1.29 is 9.53 Å². The zero-order valence-corrected chi connectivity index (χ0v) is 19.3. The van der Waals surface area contributed by atoms with Gasteiger partial charge in [0.1, 0.15) is 0 Å². The number of amides is 1. The van der Waals surface area contributed by atoms with Gasteiger partial charge in [0.05, 0.1) is 0 Å². The van der Waals surface area contributed by atoms with Crippen molar-refractivity contribution in [2.75, 3.05) is 66.1 Å². The van der Waals surface area contributed by atoms with Crippen LogP contribution in [-0.2, 0) is 9.53 Å². The quantitative estimate of drug-likeness (QED) is 0.418. The molecule has 30 heavy (non-hydrogen) atoms. The average Bonchev–Trinajstić information content (AvgIpc) is 3.27. The lowest BCUT2D eigenvalue weighted by Gasteiger charge is -2.40. The van der Waals surface area contributed by atoms with Crippen molar-refractivity contribution in [3.63, 3.8) is 0 Å². The lowest BCUT2D eigenvalue weighted by Crippen LogP contribution is -2.52. The SMILES string of the molecule is CCNC(=NCC1(CCOC)CCC1)NCCN1CCN(C(=O)C2CCCC2)CC1. The van der Waals surface area contributed by atoms with Crippen molar-refractivity contribution in [2.45, 2.75) is 58.3 Å². The highest BCUT2D eigenvalue weighted by Gasteiger charge is 2.36. The van der Waals surface area contributed by atoms with E-state index in [1.807, 2.05) is 0 Å². The first-order chi connectivity index (χ1) is 14.7. The Bertz CT molecular complexity index is 550. The highest BCUT2D eigenvalue weighted by Crippen LogP contribution is 2.44. The van der Waals surface area contributed by atoms with E-state index in [0.29, 0.717) is 17.2 Å². The third kappa shape index (κ3) is 6.58. The molecule has 0 bridgehead atoms. The minimum absolute atomic E-state index is 0.306. The summed E-state index contributed by atoms with van der Waals surface area (Å²) in [6, 6.07) is 0. The molecular weight excluding hydrogens is 378 g/mol. The third-order valence-electron chi connectivity index (χ3n) is 7.28. The maximum Gasteiger partial charge on any atom is 0.225 e. The van der Waals surface area contributed by atoms with Gasteiger partial charge in [-0.1, -0.05) is 19.3 Å². The molecule has 0 aromatic rings. The second-order valence-electron chi connectivity index (χ2n) is 9.37. The first kappa shape index (κ1) is 23.3. The van der Waals surface area contributed by atoms with Gasteiger partial charge in [-0.15, -0.1) is 0 Å². The summed E-state index contributed by atoms with van der Waals surface area (Å²) in [7, 11) is 1.78. The summed E-state index contributed by atoms with van der Waals surface area (Å²) in [4.78, 5) is 22.0. The summed E-state index contributed by atoms with van der Waals surface area (Å²) in [5, 5.41) is 6.90. The van der Waals surface area contributed by atoms with Gasteiger partial charge in [-0.3, -0.25) is 14.7 Å². The maximum atomic E-state index is 12.6. The van der Waals surface area contributed by atoms with Crippen molar-refractivity contribution in [1.29, 1.82) is 0 Å². The topological polar surface area (TPSA) is 69.2 Å². The molecule has 3 fully saturated rings. The Balaban J connectivity index is 1.37. The number of guanidine groups is 1. The largest absolute Gasteiger partial charge is 0.385 e. The van der Waals surface area contributed by atoms with Crippen LogP contribution in [0.1, 0.15) is 58.3 Å². The van der Waals surface area contributed by atoms with Crippen molar-refractivity contribution in [3.8, 4) is 0 Å². The molecule has 1 heterocycles. The van der Waals surface area contributed by atoms with Crippen LogP contribution in [0.5, 0.6) is 0 Å². The van der Waals surface area contributed by atoms with E-state index in [4.69, 9.17) is 9.73 Å². The zero-order chi connectivity index (χ0) is 21.2. The van der Waals surface area contributed by atoms with Crippen LogP contribution in [0.25, 0.3) is 0 Å². The Morgan fingerprint density at radius 3 is 2.43 bits per heavy atom. The smallest absolute Gasteiger partial charge is 0.225 e. The number of nitrogens with zero attached hydrogens (tertiary/aromatic N) is 3. The molecule has 172 valence electrons. The Kier molecular flexibility index (Phi) is 9.25.